The number of hydrogen-bond donors (Lipinski definition) is 1. The maximum atomic E-state index is 6.08. The van der Waals surface area contributed by atoms with Crippen molar-refractivity contribution >= 4 is 34.7 Å². The maximum Gasteiger partial charge on any atom is 0.178 e. The van der Waals surface area contributed by atoms with Crippen LogP contribution in [0.15, 0.2) is 32.9 Å². The Kier molecular flexibility index (Phi) is 4.84. The summed E-state index contributed by atoms with van der Waals surface area (Å²) >= 11 is 9.22. The van der Waals surface area contributed by atoms with Crippen LogP contribution in [-0.4, -0.2) is 15.7 Å². The number of halogens is 1. The summed E-state index contributed by atoms with van der Waals surface area (Å²) in [6, 6.07) is 5.96. The molecule has 6 heteroatoms. The van der Waals surface area contributed by atoms with Gasteiger partial charge in [0, 0.05) is 22.0 Å². The van der Waals surface area contributed by atoms with Crippen LogP contribution < -0.4 is 5.32 Å². The number of rotatable bonds is 4. The van der Waals surface area contributed by atoms with E-state index in [1.54, 1.807) is 17.3 Å². The van der Waals surface area contributed by atoms with Crippen LogP contribution >= 0.6 is 34.7 Å². The summed E-state index contributed by atoms with van der Waals surface area (Å²) in [6.07, 6.45) is 0. The molecule has 0 fully saturated rings. The lowest BCUT2D eigenvalue weighted by Crippen LogP contribution is -2.35. The van der Waals surface area contributed by atoms with Gasteiger partial charge >= 0.3 is 0 Å². The standard InChI is InChI=1S/C13H16ClN3S2/c1-13(2,3)15-7-9-4-5-10(14)6-11(9)19-12-17-16-8-18-12/h4-6,8,15H,7H2,1-3H3. The molecule has 102 valence electrons. The fraction of sp³-hybridized carbons (Fsp3) is 0.385. The van der Waals surface area contributed by atoms with Crippen molar-refractivity contribution in [2.75, 3.05) is 0 Å². The van der Waals surface area contributed by atoms with Gasteiger partial charge in [-0.3, -0.25) is 0 Å². The minimum absolute atomic E-state index is 0.0876. The van der Waals surface area contributed by atoms with Crippen molar-refractivity contribution in [3.63, 3.8) is 0 Å². The fourth-order valence-corrected chi connectivity index (χ4v) is 3.27. The van der Waals surface area contributed by atoms with E-state index in [0.29, 0.717) is 0 Å². The summed E-state index contributed by atoms with van der Waals surface area (Å²) < 4.78 is 0.930. The second kappa shape index (κ2) is 6.22. The van der Waals surface area contributed by atoms with Crippen LogP contribution in [-0.2, 0) is 6.54 Å². The zero-order valence-electron chi connectivity index (χ0n) is 11.1. The Morgan fingerprint density at radius 3 is 2.79 bits per heavy atom. The molecule has 1 aromatic carbocycles. The number of hydrogen-bond acceptors (Lipinski definition) is 5. The Hall–Kier alpha value is -0.620. The van der Waals surface area contributed by atoms with Crippen molar-refractivity contribution in [1.82, 2.24) is 15.5 Å². The SMILES string of the molecule is CC(C)(C)NCc1ccc(Cl)cc1Sc1nncs1. The molecule has 0 saturated heterocycles. The molecule has 3 nitrogen and oxygen atoms in total. The summed E-state index contributed by atoms with van der Waals surface area (Å²) in [5, 5.41) is 12.1. The minimum atomic E-state index is 0.0876. The first-order chi connectivity index (χ1) is 8.94. The lowest BCUT2D eigenvalue weighted by Gasteiger charge is -2.21. The van der Waals surface area contributed by atoms with Gasteiger partial charge in [0.15, 0.2) is 4.34 Å². The normalized spacial score (nSPS) is 11.8. The molecular formula is C13H16ClN3S2. The molecule has 0 aliphatic heterocycles. The van der Waals surface area contributed by atoms with Crippen molar-refractivity contribution in [3.05, 3.63) is 34.3 Å². The predicted octanol–water partition coefficient (Wildman–Crippen LogP) is 4.23. The summed E-state index contributed by atoms with van der Waals surface area (Å²) in [6.45, 7) is 7.27. The van der Waals surface area contributed by atoms with Crippen LogP contribution in [0.5, 0.6) is 0 Å². The molecule has 1 heterocycles. The van der Waals surface area contributed by atoms with E-state index >= 15 is 0 Å². The summed E-state index contributed by atoms with van der Waals surface area (Å²) in [7, 11) is 0. The first kappa shape index (κ1) is 14.8. The highest BCUT2D eigenvalue weighted by Crippen LogP contribution is 2.33. The van der Waals surface area contributed by atoms with Gasteiger partial charge in [-0.05, 0) is 38.5 Å². The van der Waals surface area contributed by atoms with E-state index in [4.69, 9.17) is 11.6 Å². The Balaban J connectivity index is 2.18. The van der Waals surface area contributed by atoms with Crippen molar-refractivity contribution in [2.24, 2.45) is 0 Å². The quantitative estimate of drug-likeness (QED) is 0.916. The van der Waals surface area contributed by atoms with Crippen molar-refractivity contribution in [1.29, 1.82) is 0 Å². The Morgan fingerprint density at radius 2 is 2.16 bits per heavy atom. The topological polar surface area (TPSA) is 37.8 Å². The molecule has 0 spiro atoms. The number of benzene rings is 1. The van der Waals surface area contributed by atoms with E-state index in [9.17, 15) is 0 Å². The average Bonchev–Trinajstić information content (AvgIpc) is 2.79. The minimum Gasteiger partial charge on any atom is -0.308 e. The van der Waals surface area contributed by atoms with Gasteiger partial charge in [0.05, 0.1) is 0 Å². The van der Waals surface area contributed by atoms with E-state index in [1.165, 1.54) is 16.9 Å². The molecule has 1 aromatic heterocycles. The molecule has 0 atom stereocenters. The highest BCUT2D eigenvalue weighted by Gasteiger charge is 2.12. The molecule has 0 bridgehead atoms. The maximum absolute atomic E-state index is 6.08. The van der Waals surface area contributed by atoms with Crippen molar-refractivity contribution in [2.45, 2.75) is 42.1 Å². The van der Waals surface area contributed by atoms with Gasteiger partial charge in [-0.2, -0.15) is 0 Å². The van der Waals surface area contributed by atoms with Crippen LogP contribution in [0.2, 0.25) is 5.02 Å². The third-order valence-electron chi connectivity index (χ3n) is 2.38. The zero-order chi connectivity index (χ0) is 13.9. The molecule has 0 unspecified atom stereocenters. The molecule has 0 amide bonds. The van der Waals surface area contributed by atoms with Crippen LogP contribution in [0.25, 0.3) is 0 Å². The van der Waals surface area contributed by atoms with Gasteiger partial charge in [-0.25, -0.2) is 0 Å². The molecule has 0 aliphatic rings. The van der Waals surface area contributed by atoms with Crippen LogP contribution in [0.4, 0.5) is 0 Å². The lowest BCUT2D eigenvalue weighted by atomic mass is 10.1. The highest BCUT2D eigenvalue weighted by molar-refractivity contribution is 8.01. The average molecular weight is 314 g/mol. The smallest absolute Gasteiger partial charge is 0.178 e. The Morgan fingerprint density at radius 1 is 1.37 bits per heavy atom. The van der Waals surface area contributed by atoms with Gasteiger partial charge in [0.2, 0.25) is 0 Å². The lowest BCUT2D eigenvalue weighted by molar-refractivity contribution is 0.422. The van der Waals surface area contributed by atoms with Gasteiger partial charge < -0.3 is 5.32 Å². The predicted molar refractivity (Wildman–Crippen MR) is 82.1 cm³/mol. The number of nitrogens with one attached hydrogen (secondary N) is 1. The molecule has 0 radical (unpaired) electrons. The van der Waals surface area contributed by atoms with Gasteiger partial charge in [0.1, 0.15) is 5.51 Å². The Bertz CT molecular complexity index is 535. The van der Waals surface area contributed by atoms with E-state index in [0.717, 1.165) is 20.8 Å². The highest BCUT2D eigenvalue weighted by atomic mass is 35.5. The van der Waals surface area contributed by atoms with Crippen LogP contribution in [0, 0.1) is 0 Å². The Labute approximate surface area is 126 Å². The second-order valence-corrected chi connectivity index (χ2v) is 7.72. The van der Waals surface area contributed by atoms with E-state index in [2.05, 4.69) is 42.4 Å². The van der Waals surface area contributed by atoms with Crippen molar-refractivity contribution < 1.29 is 0 Å². The molecule has 2 rings (SSSR count). The summed E-state index contributed by atoms with van der Waals surface area (Å²) in [4.78, 5) is 1.13. The van der Waals surface area contributed by atoms with Gasteiger partial charge in [0.25, 0.3) is 0 Å². The molecule has 2 aromatic rings. The zero-order valence-corrected chi connectivity index (χ0v) is 13.5. The first-order valence-electron chi connectivity index (χ1n) is 5.91. The number of aromatic nitrogens is 2. The van der Waals surface area contributed by atoms with Crippen LogP contribution in [0.3, 0.4) is 0 Å². The third kappa shape index (κ3) is 4.76. The molecule has 19 heavy (non-hydrogen) atoms. The second-order valence-electron chi connectivity index (χ2n) is 5.16. The van der Waals surface area contributed by atoms with E-state index in [-0.39, 0.29) is 5.54 Å². The van der Waals surface area contributed by atoms with E-state index in [1.807, 2.05) is 12.1 Å². The molecular weight excluding hydrogens is 298 g/mol. The third-order valence-corrected chi connectivity index (χ3v) is 4.49. The number of nitrogens with zero attached hydrogens (tertiary/aromatic N) is 2. The van der Waals surface area contributed by atoms with Gasteiger partial charge in [-0.15, -0.1) is 10.2 Å². The van der Waals surface area contributed by atoms with Gasteiger partial charge in [-0.1, -0.05) is 40.8 Å². The summed E-state index contributed by atoms with van der Waals surface area (Å²) in [5.74, 6) is 0. The molecule has 1 N–H and O–H groups in total. The monoisotopic (exact) mass is 313 g/mol. The summed E-state index contributed by atoms with van der Waals surface area (Å²) in [5.41, 5.74) is 3.05. The fourth-order valence-electron chi connectivity index (χ4n) is 1.43. The molecule has 0 saturated carbocycles. The van der Waals surface area contributed by atoms with E-state index < -0.39 is 0 Å². The largest absolute Gasteiger partial charge is 0.308 e. The van der Waals surface area contributed by atoms with Crippen LogP contribution in [0.1, 0.15) is 26.3 Å². The first-order valence-corrected chi connectivity index (χ1v) is 7.99. The molecule has 0 aliphatic carbocycles. The van der Waals surface area contributed by atoms with Crippen molar-refractivity contribution in [3.8, 4) is 0 Å².